The van der Waals surface area contributed by atoms with Gasteiger partial charge in [-0.15, -0.1) is 0 Å². The van der Waals surface area contributed by atoms with Gasteiger partial charge in [0.1, 0.15) is 11.6 Å². The minimum atomic E-state index is -0.674. The Bertz CT molecular complexity index is 658. The first-order chi connectivity index (χ1) is 9.95. The van der Waals surface area contributed by atoms with Gasteiger partial charge >= 0.3 is 0 Å². The average Bonchev–Trinajstić information content (AvgIpc) is 2.43. The van der Waals surface area contributed by atoms with Gasteiger partial charge in [-0.25, -0.2) is 4.98 Å². The van der Waals surface area contributed by atoms with Crippen LogP contribution in [0.3, 0.4) is 0 Å². The van der Waals surface area contributed by atoms with Crippen molar-refractivity contribution in [2.75, 3.05) is 5.32 Å². The van der Waals surface area contributed by atoms with Crippen LogP contribution in [-0.2, 0) is 4.79 Å². The minimum absolute atomic E-state index is 0.273. The number of nitrogens with one attached hydrogen (secondary N) is 1. The maximum absolute atomic E-state index is 12.1. The molecular formula is C16H17ClN2O2. The van der Waals surface area contributed by atoms with E-state index in [0.717, 1.165) is 11.3 Å². The lowest BCUT2D eigenvalue weighted by atomic mass is 10.2. The lowest BCUT2D eigenvalue weighted by molar-refractivity contribution is -0.122. The highest BCUT2D eigenvalue weighted by atomic mass is 35.5. The fourth-order valence-corrected chi connectivity index (χ4v) is 1.95. The number of ether oxygens (including phenoxy) is 1. The van der Waals surface area contributed by atoms with Crippen LogP contribution in [0.4, 0.5) is 5.82 Å². The summed E-state index contributed by atoms with van der Waals surface area (Å²) < 4.78 is 5.62. The summed E-state index contributed by atoms with van der Waals surface area (Å²) in [6.07, 6.45) is -0.674. The van der Waals surface area contributed by atoms with Gasteiger partial charge in [0, 0.05) is 5.69 Å². The fraction of sp³-hybridized carbons (Fsp3) is 0.250. The Morgan fingerprint density at radius 1 is 1.29 bits per heavy atom. The molecule has 0 radical (unpaired) electrons. The number of anilines is 1. The first kappa shape index (κ1) is 15.3. The molecule has 1 heterocycles. The van der Waals surface area contributed by atoms with Gasteiger partial charge in [0.2, 0.25) is 0 Å². The number of aromatic nitrogens is 1. The summed E-state index contributed by atoms with van der Waals surface area (Å²) in [6, 6.07) is 10.9. The summed E-state index contributed by atoms with van der Waals surface area (Å²) in [4.78, 5) is 16.3. The summed E-state index contributed by atoms with van der Waals surface area (Å²) >= 11 is 6.06. The highest BCUT2D eigenvalue weighted by Gasteiger charge is 2.16. The number of rotatable bonds is 4. The van der Waals surface area contributed by atoms with Crippen molar-refractivity contribution in [2.45, 2.75) is 26.9 Å². The second-order valence-corrected chi connectivity index (χ2v) is 5.25. The van der Waals surface area contributed by atoms with Crippen LogP contribution in [0.1, 0.15) is 18.2 Å². The van der Waals surface area contributed by atoms with Crippen LogP contribution >= 0.6 is 11.6 Å². The lowest BCUT2D eigenvalue weighted by Crippen LogP contribution is -2.30. The van der Waals surface area contributed by atoms with E-state index in [4.69, 9.17) is 16.3 Å². The molecule has 2 rings (SSSR count). The van der Waals surface area contributed by atoms with E-state index in [2.05, 4.69) is 10.3 Å². The van der Waals surface area contributed by atoms with Crippen LogP contribution in [0.25, 0.3) is 0 Å². The standard InChI is InChI=1S/C16H17ClN2O2/c1-10-7-8-13(17)14(9-10)21-12(3)16(20)19-15-6-4-5-11(2)18-15/h4-9,12H,1-3H3,(H,18,19,20)/t12-/m0/s1. The average molecular weight is 305 g/mol. The fourth-order valence-electron chi connectivity index (χ4n) is 1.79. The van der Waals surface area contributed by atoms with E-state index in [1.54, 1.807) is 25.1 Å². The van der Waals surface area contributed by atoms with Gasteiger partial charge in [0.05, 0.1) is 5.02 Å². The molecule has 1 atom stereocenters. The Morgan fingerprint density at radius 3 is 2.76 bits per heavy atom. The van der Waals surface area contributed by atoms with Crippen LogP contribution in [0.2, 0.25) is 5.02 Å². The molecule has 0 bridgehead atoms. The molecule has 1 aromatic carbocycles. The van der Waals surface area contributed by atoms with Crippen LogP contribution in [0.5, 0.6) is 5.75 Å². The van der Waals surface area contributed by atoms with Gasteiger partial charge in [0.25, 0.3) is 5.91 Å². The van der Waals surface area contributed by atoms with Crippen molar-refractivity contribution in [3.63, 3.8) is 0 Å². The predicted molar refractivity (Wildman–Crippen MR) is 83.9 cm³/mol. The molecule has 5 heteroatoms. The zero-order valence-electron chi connectivity index (χ0n) is 12.2. The van der Waals surface area contributed by atoms with Crippen molar-refractivity contribution in [2.24, 2.45) is 0 Å². The second kappa shape index (κ2) is 6.59. The number of amides is 1. The van der Waals surface area contributed by atoms with Gasteiger partial charge in [-0.2, -0.15) is 0 Å². The number of halogens is 1. The molecule has 1 aromatic heterocycles. The number of carbonyl (C=O) groups is 1. The molecule has 110 valence electrons. The Labute approximate surface area is 129 Å². The summed E-state index contributed by atoms with van der Waals surface area (Å²) in [7, 11) is 0. The molecule has 1 N–H and O–H groups in total. The van der Waals surface area contributed by atoms with Crippen molar-refractivity contribution in [1.29, 1.82) is 0 Å². The number of carbonyl (C=O) groups excluding carboxylic acids is 1. The monoisotopic (exact) mass is 304 g/mol. The van der Waals surface area contributed by atoms with Gasteiger partial charge in [-0.05, 0) is 50.6 Å². The van der Waals surface area contributed by atoms with E-state index in [0.29, 0.717) is 16.6 Å². The zero-order valence-corrected chi connectivity index (χ0v) is 12.9. The SMILES string of the molecule is Cc1ccc(Cl)c(O[C@@H](C)C(=O)Nc2cccc(C)n2)c1. The highest BCUT2D eigenvalue weighted by molar-refractivity contribution is 6.32. The Hall–Kier alpha value is -2.07. The number of aryl methyl sites for hydroxylation is 2. The molecule has 2 aromatic rings. The van der Waals surface area contributed by atoms with Crippen LogP contribution < -0.4 is 10.1 Å². The Morgan fingerprint density at radius 2 is 2.05 bits per heavy atom. The molecule has 0 saturated heterocycles. The van der Waals surface area contributed by atoms with Gasteiger partial charge in [-0.3, -0.25) is 4.79 Å². The number of hydrogen-bond donors (Lipinski definition) is 1. The lowest BCUT2D eigenvalue weighted by Gasteiger charge is -2.16. The van der Waals surface area contributed by atoms with Crippen molar-refractivity contribution >= 4 is 23.3 Å². The molecule has 1 amide bonds. The number of pyridine rings is 1. The van der Waals surface area contributed by atoms with E-state index in [1.165, 1.54) is 0 Å². The molecule has 21 heavy (non-hydrogen) atoms. The Kier molecular flexibility index (Phi) is 4.81. The van der Waals surface area contributed by atoms with Crippen molar-refractivity contribution in [1.82, 2.24) is 4.98 Å². The first-order valence-electron chi connectivity index (χ1n) is 6.63. The quantitative estimate of drug-likeness (QED) is 0.935. The molecule has 0 unspecified atom stereocenters. The molecule has 0 saturated carbocycles. The third-order valence-electron chi connectivity index (χ3n) is 2.90. The van der Waals surface area contributed by atoms with Gasteiger partial charge in [-0.1, -0.05) is 23.7 Å². The number of hydrogen-bond acceptors (Lipinski definition) is 3. The molecule has 0 spiro atoms. The van der Waals surface area contributed by atoms with Crippen molar-refractivity contribution in [3.05, 3.63) is 52.7 Å². The molecular weight excluding hydrogens is 288 g/mol. The van der Waals surface area contributed by atoms with Gasteiger partial charge < -0.3 is 10.1 Å². The van der Waals surface area contributed by atoms with Crippen molar-refractivity contribution < 1.29 is 9.53 Å². The van der Waals surface area contributed by atoms with E-state index in [-0.39, 0.29) is 5.91 Å². The topological polar surface area (TPSA) is 51.2 Å². The third-order valence-corrected chi connectivity index (χ3v) is 3.21. The molecule has 4 nitrogen and oxygen atoms in total. The van der Waals surface area contributed by atoms with E-state index in [9.17, 15) is 4.79 Å². The maximum atomic E-state index is 12.1. The van der Waals surface area contributed by atoms with E-state index < -0.39 is 6.10 Å². The number of nitrogens with zero attached hydrogens (tertiary/aromatic N) is 1. The summed E-state index contributed by atoms with van der Waals surface area (Å²) in [5.41, 5.74) is 1.85. The molecule has 0 aliphatic heterocycles. The maximum Gasteiger partial charge on any atom is 0.266 e. The minimum Gasteiger partial charge on any atom is -0.479 e. The van der Waals surface area contributed by atoms with Crippen LogP contribution in [0.15, 0.2) is 36.4 Å². The van der Waals surface area contributed by atoms with E-state index >= 15 is 0 Å². The van der Waals surface area contributed by atoms with Crippen LogP contribution in [-0.4, -0.2) is 17.0 Å². The summed E-state index contributed by atoms with van der Waals surface area (Å²) in [6.45, 7) is 5.47. The van der Waals surface area contributed by atoms with E-state index in [1.807, 2.05) is 32.0 Å². The zero-order chi connectivity index (χ0) is 15.4. The molecule has 0 fully saturated rings. The summed E-state index contributed by atoms with van der Waals surface area (Å²) in [5.74, 6) is 0.730. The van der Waals surface area contributed by atoms with Gasteiger partial charge in [0.15, 0.2) is 6.10 Å². The van der Waals surface area contributed by atoms with Crippen LogP contribution in [0, 0.1) is 13.8 Å². The largest absolute Gasteiger partial charge is 0.479 e. The van der Waals surface area contributed by atoms with Crippen molar-refractivity contribution in [3.8, 4) is 5.75 Å². The second-order valence-electron chi connectivity index (χ2n) is 4.85. The smallest absolute Gasteiger partial charge is 0.266 e. The Balaban J connectivity index is 2.04. The summed E-state index contributed by atoms with van der Waals surface area (Å²) in [5, 5.41) is 3.20. The third kappa shape index (κ3) is 4.20. The first-order valence-corrected chi connectivity index (χ1v) is 7.01. The normalized spacial score (nSPS) is 11.8. The highest BCUT2D eigenvalue weighted by Crippen LogP contribution is 2.26. The molecule has 0 aliphatic carbocycles. The molecule has 0 aliphatic rings. The number of benzene rings is 1. The predicted octanol–water partition coefficient (Wildman–Crippen LogP) is 3.76.